The number of phenols is 2. The van der Waals surface area contributed by atoms with E-state index in [4.69, 9.17) is 0 Å². The number of phenolic OH excluding ortho intramolecular Hbond substituents is 2. The van der Waals surface area contributed by atoms with E-state index in [1.165, 1.54) is 0 Å². The fourth-order valence-corrected chi connectivity index (χ4v) is 1.57. The molecule has 15 heavy (non-hydrogen) atoms. The van der Waals surface area contributed by atoms with E-state index in [0.29, 0.717) is 11.1 Å². The average Bonchev–Trinajstić information content (AvgIpc) is 2.20. The summed E-state index contributed by atoms with van der Waals surface area (Å²) in [6.45, 7) is 1.91. The summed E-state index contributed by atoms with van der Waals surface area (Å²) in [6, 6.07) is 12.4. The molecule has 2 aromatic carbocycles. The number of hydrogen-bond donors (Lipinski definition) is 2. The Morgan fingerprint density at radius 3 is 2.13 bits per heavy atom. The van der Waals surface area contributed by atoms with Crippen molar-refractivity contribution in [3.05, 3.63) is 48.0 Å². The van der Waals surface area contributed by atoms with E-state index in [-0.39, 0.29) is 11.5 Å². The molecule has 0 aliphatic carbocycles. The molecule has 0 aliphatic heterocycles. The molecule has 0 radical (unpaired) electrons. The first kappa shape index (κ1) is 9.59. The fourth-order valence-electron chi connectivity index (χ4n) is 1.57. The Labute approximate surface area is 88.4 Å². The summed E-state index contributed by atoms with van der Waals surface area (Å²) in [7, 11) is 0. The first-order valence-corrected chi connectivity index (χ1v) is 4.76. The van der Waals surface area contributed by atoms with Gasteiger partial charge in [-0.3, -0.25) is 0 Å². The first-order valence-electron chi connectivity index (χ1n) is 4.76. The third-order valence-electron chi connectivity index (χ3n) is 2.35. The zero-order valence-electron chi connectivity index (χ0n) is 8.44. The minimum absolute atomic E-state index is 0.177. The van der Waals surface area contributed by atoms with Crippen molar-refractivity contribution in [2.24, 2.45) is 0 Å². The van der Waals surface area contributed by atoms with Crippen LogP contribution in [-0.2, 0) is 0 Å². The van der Waals surface area contributed by atoms with Crippen LogP contribution in [0, 0.1) is 6.92 Å². The molecule has 0 aliphatic rings. The number of para-hydroxylation sites is 1. The Bertz CT molecular complexity index is 490. The van der Waals surface area contributed by atoms with Gasteiger partial charge >= 0.3 is 0 Å². The summed E-state index contributed by atoms with van der Waals surface area (Å²) in [4.78, 5) is 0. The molecule has 0 heterocycles. The van der Waals surface area contributed by atoms with Crippen LogP contribution in [0.15, 0.2) is 42.5 Å². The Balaban J connectivity index is 2.60. The molecule has 2 heteroatoms. The van der Waals surface area contributed by atoms with Crippen LogP contribution in [0.3, 0.4) is 0 Å². The van der Waals surface area contributed by atoms with Crippen molar-refractivity contribution >= 4 is 0 Å². The van der Waals surface area contributed by atoms with Crippen LogP contribution in [0.4, 0.5) is 0 Å². The molecule has 0 unspecified atom stereocenters. The van der Waals surface area contributed by atoms with Crippen LogP contribution in [-0.4, -0.2) is 10.2 Å². The lowest BCUT2D eigenvalue weighted by Gasteiger charge is -2.07. The zero-order chi connectivity index (χ0) is 10.8. The van der Waals surface area contributed by atoms with E-state index in [2.05, 4.69) is 0 Å². The van der Waals surface area contributed by atoms with Gasteiger partial charge in [0.25, 0.3) is 0 Å². The summed E-state index contributed by atoms with van der Waals surface area (Å²) in [5.41, 5.74) is 2.29. The van der Waals surface area contributed by atoms with Crippen molar-refractivity contribution in [2.75, 3.05) is 0 Å². The van der Waals surface area contributed by atoms with E-state index in [9.17, 15) is 10.2 Å². The number of rotatable bonds is 1. The highest BCUT2D eigenvalue weighted by molar-refractivity contribution is 5.75. The van der Waals surface area contributed by atoms with E-state index in [1.807, 2.05) is 19.1 Å². The van der Waals surface area contributed by atoms with Crippen molar-refractivity contribution in [1.29, 1.82) is 0 Å². The summed E-state index contributed by atoms with van der Waals surface area (Å²) in [6.07, 6.45) is 0. The molecule has 2 nitrogen and oxygen atoms in total. The molecule has 0 spiro atoms. The molecule has 2 N–H and O–H groups in total. The summed E-state index contributed by atoms with van der Waals surface area (Å²) < 4.78 is 0. The van der Waals surface area contributed by atoms with Gasteiger partial charge in [0, 0.05) is 11.1 Å². The van der Waals surface area contributed by atoms with Gasteiger partial charge in [0.05, 0.1) is 0 Å². The Morgan fingerprint density at radius 2 is 1.47 bits per heavy atom. The molecule has 0 saturated heterocycles. The van der Waals surface area contributed by atoms with Crippen molar-refractivity contribution in [1.82, 2.24) is 0 Å². The van der Waals surface area contributed by atoms with Crippen molar-refractivity contribution in [3.8, 4) is 22.6 Å². The van der Waals surface area contributed by atoms with Gasteiger partial charge in [-0.25, -0.2) is 0 Å². The smallest absolute Gasteiger partial charge is 0.123 e. The van der Waals surface area contributed by atoms with Gasteiger partial charge in [-0.05, 0) is 24.6 Å². The highest BCUT2D eigenvalue weighted by Crippen LogP contribution is 2.35. The van der Waals surface area contributed by atoms with Crippen LogP contribution in [0.25, 0.3) is 11.1 Å². The SMILES string of the molecule is Cc1ccc(-c2ccccc2O)c(O)c1. The number of aromatic hydroxyl groups is 2. The highest BCUT2D eigenvalue weighted by atomic mass is 16.3. The predicted octanol–water partition coefficient (Wildman–Crippen LogP) is 3.07. The third kappa shape index (κ3) is 1.79. The lowest BCUT2D eigenvalue weighted by Crippen LogP contribution is -1.81. The number of benzene rings is 2. The first-order chi connectivity index (χ1) is 7.18. The molecule has 0 aromatic heterocycles. The van der Waals surface area contributed by atoms with E-state index in [1.54, 1.807) is 30.3 Å². The second kappa shape index (κ2) is 3.65. The van der Waals surface area contributed by atoms with Crippen LogP contribution >= 0.6 is 0 Å². The van der Waals surface area contributed by atoms with Crippen LogP contribution in [0.1, 0.15) is 5.56 Å². The lowest BCUT2D eigenvalue weighted by atomic mass is 10.0. The monoisotopic (exact) mass is 200 g/mol. The minimum atomic E-state index is 0.177. The van der Waals surface area contributed by atoms with Crippen molar-refractivity contribution in [3.63, 3.8) is 0 Å². The fraction of sp³-hybridized carbons (Fsp3) is 0.0769. The molecule has 0 saturated carbocycles. The Hall–Kier alpha value is -1.96. The largest absolute Gasteiger partial charge is 0.507 e. The lowest BCUT2D eigenvalue weighted by molar-refractivity contribution is 0.469. The third-order valence-corrected chi connectivity index (χ3v) is 2.35. The van der Waals surface area contributed by atoms with Gasteiger partial charge in [-0.1, -0.05) is 30.3 Å². The van der Waals surface area contributed by atoms with Gasteiger partial charge in [-0.15, -0.1) is 0 Å². The quantitative estimate of drug-likeness (QED) is 0.742. The van der Waals surface area contributed by atoms with Crippen molar-refractivity contribution in [2.45, 2.75) is 6.92 Å². The van der Waals surface area contributed by atoms with Crippen LogP contribution in [0.5, 0.6) is 11.5 Å². The molecule has 0 fully saturated rings. The maximum atomic E-state index is 9.76. The summed E-state index contributed by atoms with van der Waals surface area (Å²) in [5.74, 6) is 0.369. The Morgan fingerprint density at radius 1 is 0.800 bits per heavy atom. The van der Waals surface area contributed by atoms with Gasteiger partial charge in [0.2, 0.25) is 0 Å². The van der Waals surface area contributed by atoms with E-state index < -0.39 is 0 Å². The van der Waals surface area contributed by atoms with Crippen LogP contribution < -0.4 is 0 Å². The molecular formula is C13H12O2. The minimum Gasteiger partial charge on any atom is -0.507 e. The van der Waals surface area contributed by atoms with Gasteiger partial charge in [-0.2, -0.15) is 0 Å². The van der Waals surface area contributed by atoms with Crippen LogP contribution in [0.2, 0.25) is 0 Å². The topological polar surface area (TPSA) is 40.5 Å². The average molecular weight is 200 g/mol. The number of aryl methyl sites for hydroxylation is 1. The second-order valence-electron chi connectivity index (χ2n) is 3.54. The zero-order valence-corrected chi connectivity index (χ0v) is 8.44. The highest BCUT2D eigenvalue weighted by Gasteiger charge is 2.07. The van der Waals surface area contributed by atoms with Gasteiger partial charge < -0.3 is 10.2 Å². The van der Waals surface area contributed by atoms with E-state index in [0.717, 1.165) is 5.56 Å². The maximum absolute atomic E-state index is 9.76. The summed E-state index contributed by atoms with van der Waals surface area (Å²) >= 11 is 0. The Kier molecular flexibility index (Phi) is 2.34. The van der Waals surface area contributed by atoms with E-state index >= 15 is 0 Å². The molecule has 0 atom stereocenters. The molecular weight excluding hydrogens is 188 g/mol. The van der Waals surface area contributed by atoms with Gasteiger partial charge in [0.1, 0.15) is 11.5 Å². The summed E-state index contributed by atoms with van der Waals surface area (Å²) in [5, 5.41) is 19.4. The second-order valence-corrected chi connectivity index (χ2v) is 3.54. The predicted molar refractivity (Wildman–Crippen MR) is 59.9 cm³/mol. The molecule has 76 valence electrons. The maximum Gasteiger partial charge on any atom is 0.123 e. The molecule has 2 aromatic rings. The molecule has 0 amide bonds. The molecule has 0 bridgehead atoms. The standard InChI is InChI=1S/C13H12O2/c1-9-6-7-11(13(15)8-9)10-4-2-3-5-12(10)14/h2-8,14-15H,1H3. The van der Waals surface area contributed by atoms with Gasteiger partial charge in [0.15, 0.2) is 0 Å². The number of hydrogen-bond acceptors (Lipinski definition) is 2. The normalized spacial score (nSPS) is 10.2. The van der Waals surface area contributed by atoms with Crippen molar-refractivity contribution < 1.29 is 10.2 Å². The molecule has 2 rings (SSSR count).